The number of carbonyl (C=O) groups excluding carboxylic acids is 1. The fraction of sp³-hybridized carbons (Fsp3) is 0.533. The zero-order chi connectivity index (χ0) is 14.3. The first-order valence-corrected chi connectivity index (χ1v) is 7.74. The van der Waals surface area contributed by atoms with Gasteiger partial charge in [0.1, 0.15) is 11.5 Å². The van der Waals surface area contributed by atoms with Gasteiger partial charge in [-0.05, 0) is 26.0 Å². The van der Waals surface area contributed by atoms with Crippen LogP contribution in [-0.2, 0) is 0 Å². The molecule has 1 aromatic rings. The maximum atomic E-state index is 12.4. The quantitative estimate of drug-likeness (QED) is 0.535. The van der Waals surface area contributed by atoms with Crippen LogP contribution in [0.5, 0.6) is 11.5 Å². The Bertz CT molecular complexity index is 399. The molecule has 0 fully saturated rings. The summed E-state index contributed by atoms with van der Waals surface area (Å²) < 4.78 is 11.1. The molecule has 0 N–H and O–H groups in total. The summed E-state index contributed by atoms with van der Waals surface area (Å²) >= 11 is 0. The van der Waals surface area contributed by atoms with Gasteiger partial charge in [0.15, 0.2) is 0 Å². The number of benzene rings is 1. The van der Waals surface area contributed by atoms with E-state index in [9.17, 15) is 4.79 Å². The van der Waals surface area contributed by atoms with E-state index in [0.29, 0.717) is 35.9 Å². The molecule has 0 bridgehead atoms. The van der Waals surface area contributed by atoms with Crippen molar-refractivity contribution >= 4 is 14.1 Å². The summed E-state index contributed by atoms with van der Waals surface area (Å²) in [7, 11) is 0.797. The van der Waals surface area contributed by atoms with Gasteiger partial charge in [0.25, 0.3) is 0 Å². The molecule has 0 radical (unpaired) electrons. The van der Waals surface area contributed by atoms with Gasteiger partial charge in [0.2, 0.25) is 0 Å². The minimum atomic E-state index is 0. The van der Waals surface area contributed by atoms with Crippen molar-refractivity contribution in [2.75, 3.05) is 13.2 Å². The molecule has 0 saturated heterocycles. The predicted molar refractivity (Wildman–Crippen MR) is 79.8 cm³/mol. The van der Waals surface area contributed by atoms with E-state index < -0.39 is 0 Å². The predicted octanol–water partition coefficient (Wildman–Crippen LogP) is 1.37. The van der Waals surface area contributed by atoms with Crippen LogP contribution >= 0.6 is 8.58 Å². The summed E-state index contributed by atoms with van der Waals surface area (Å²) in [6.07, 6.45) is 0.980. The molecule has 0 aliphatic rings. The van der Waals surface area contributed by atoms with Crippen LogP contribution in [0.25, 0.3) is 0 Å². The Morgan fingerprint density at radius 2 is 1.65 bits per heavy atom. The first-order valence-electron chi connectivity index (χ1n) is 6.77. The third kappa shape index (κ3) is 5.49. The Kier molecular flexibility index (Phi) is 10.0. The molecule has 1 unspecified atom stereocenters. The van der Waals surface area contributed by atoms with E-state index in [4.69, 9.17) is 9.47 Å². The monoisotopic (exact) mass is 288 g/mol. The standard InChI is InChI=1S/C15H22O3P.Li/c1-5-11(4)19-15(16)14-12(17-6-2)9-8-10-13(14)18-7-3;/h8-11H,5-7H2,1-4H3;/q-1;+1. The Balaban J connectivity index is 0.00000361. The summed E-state index contributed by atoms with van der Waals surface area (Å²) in [6.45, 7) is 9.06. The van der Waals surface area contributed by atoms with E-state index in [2.05, 4.69) is 13.8 Å². The van der Waals surface area contributed by atoms with E-state index >= 15 is 0 Å². The first-order chi connectivity index (χ1) is 9.13. The molecule has 0 saturated carbocycles. The average Bonchev–Trinajstić information content (AvgIpc) is 2.39. The normalized spacial score (nSPS) is 12.0. The fourth-order valence-corrected chi connectivity index (χ4v) is 2.56. The van der Waals surface area contributed by atoms with Crippen LogP contribution in [0.15, 0.2) is 18.2 Å². The Labute approximate surface area is 135 Å². The van der Waals surface area contributed by atoms with Crippen LogP contribution in [0.4, 0.5) is 0 Å². The topological polar surface area (TPSA) is 35.5 Å². The fourth-order valence-electron chi connectivity index (χ4n) is 1.63. The van der Waals surface area contributed by atoms with E-state index in [1.807, 2.05) is 32.0 Å². The summed E-state index contributed by atoms with van der Waals surface area (Å²) in [6, 6.07) is 5.50. The van der Waals surface area contributed by atoms with Crippen molar-refractivity contribution in [3.63, 3.8) is 0 Å². The molecular weight excluding hydrogens is 266 g/mol. The van der Waals surface area contributed by atoms with Crippen molar-refractivity contribution in [3.05, 3.63) is 23.8 Å². The van der Waals surface area contributed by atoms with Gasteiger partial charge in [-0.25, -0.2) is 0 Å². The smallest absolute Gasteiger partial charge is 0.493 e. The third-order valence-electron chi connectivity index (χ3n) is 2.73. The van der Waals surface area contributed by atoms with Gasteiger partial charge < -0.3 is 22.8 Å². The van der Waals surface area contributed by atoms with E-state index in [1.165, 1.54) is 0 Å². The molecule has 0 amide bonds. The minimum Gasteiger partial charge on any atom is -0.493 e. The van der Waals surface area contributed by atoms with Gasteiger partial charge in [-0.1, -0.05) is 26.3 Å². The van der Waals surface area contributed by atoms with Crippen molar-refractivity contribution in [3.8, 4) is 11.5 Å². The number of rotatable bonds is 8. The van der Waals surface area contributed by atoms with E-state index in [1.54, 1.807) is 0 Å². The third-order valence-corrected chi connectivity index (χ3v) is 3.99. The largest absolute Gasteiger partial charge is 1.00 e. The van der Waals surface area contributed by atoms with Crippen LogP contribution in [0, 0.1) is 0 Å². The molecular formula is C15H22LiO3P. The summed E-state index contributed by atoms with van der Waals surface area (Å²) in [5.41, 5.74) is 0.992. The second-order valence-corrected chi connectivity index (χ2v) is 5.73. The van der Waals surface area contributed by atoms with Gasteiger partial charge in [-0.15, -0.1) is 0 Å². The molecule has 1 atom stereocenters. The average molecular weight is 288 g/mol. The molecule has 0 aliphatic heterocycles. The first kappa shape index (κ1) is 19.5. The van der Waals surface area contributed by atoms with Crippen LogP contribution in [0.2, 0.25) is 0 Å². The van der Waals surface area contributed by atoms with Crippen LogP contribution in [0.1, 0.15) is 44.5 Å². The molecule has 0 aromatic heterocycles. The molecule has 20 heavy (non-hydrogen) atoms. The van der Waals surface area contributed by atoms with E-state index in [0.717, 1.165) is 15.0 Å². The maximum Gasteiger partial charge on any atom is 1.00 e. The maximum absolute atomic E-state index is 12.4. The molecule has 0 heterocycles. The van der Waals surface area contributed by atoms with Crippen molar-refractivity contribution in [2.24, 2.45) is 0 Å². The van der Waals surface area contributed by atoms with Crippen LogP contribution in [-0.4, -0.2) is 24.4 Å². The zero-order valence-corrected chi connectivity index (χ0v) is 14.0. The van der Waals surface area contributed by atoms with Crippen molar-refractivity contribution in [1.82, 2.24) is 0 Å². The van der Waals surface area contributed by atoms with Gasteiger partial charge in [-0.2, -0.15) is 5.66 Å². The van der Waals surface area contributed by atoms with Gasteiger partial charge in [-0.3, -0.25) is 0 Å². The summed E-state index contributed by atoms with van der Waals surface area (Å²) in [4.78, 5) is 12.4. The second-order valence-electron chi connectivity index (χ2n) is 4.19. The SMILES string of the molecule is CCOc1cccc(OCC)c1C(=O)[P-]C(C)CC.[Li+]. The molecule has 0 aliphatic carbocycles. The van der Waals surface area contributed by atoms with Crippen molar-refractivity contribution in [2.45, 2.75) is 39.8 Å². The Morgan fingerprint density at radius 1 is 1.15 bits per heavy atom. The molecule has 0 spiro atoms. The zero-order valence-electron chi connectivity index (χ0n) is 13.1. The van der Waals surface area contributed by atoms with Gasteiger partial charge >= 0.3 is 18.9 Å². The summed E-state index contributed by atoms with van der Waals surface area (Å²) in [5, 5.41) is 0. The Hall–Kier alpha value is -0.483. The number of ether oxygens (including phenoxy) is 2. The second kappa shape index (κ2) is 10.3. The molecule has 1 aromatic carbocycles. The molecule has 5 heteroatoms. The molecule has 1 rings (SSSR count). The van der Waals surface area contributed by atoms with E-state index in [-0.39, 0.29) is 24.4 Å². The molecule has 106 valence electrons. The summed E-state index contributed by atoms with van der Waals surface area (Å²) in [5.74, 6) is 1.24. The molecule has 3 nitrogen and oxygen atoms in total. The van der Waals surface area contributed by atoms with Crippen molar-refractivity contribution < 1.29 is 33.1 Å². The number of hydrogen-bond donors (Lipinski definition) is 0. The van der Waals surface area contributed by atoms with Crippen LogP contribution < -0.4 is 28.3 Å². The Morgan fingerprint density at radius 3 is 2.05 bits per heavy atom. The van der Waals surface area contributed by atoms with Gasteiger partial charge in [0.05, 0.1) is 18.8 Å². The minimum absolute atomic E-state index is 0. The number of hydrogen-bond acceptors (Lipinski definition) is 3. The van der Waals surface area contributed by atoms with Crippen LogP contribution in [0.3, 0.4) is 0 Å². The number of carbonyl (C=O) groups is 1. The van der Waals surface area contributed by atoms with Crippen molar-refractivity contribution in [1.29, 1.82) is 0 Å². The van der Waals surface area contributed by atoms with Gasteiger partial charge in [0, 0.05) is 5.52 Å².